The van der Waals surface area contributed by atoms with E-state index < -0.39 is 46.3 Å². The second-order valence-electron chi connectivity index (χ2n) is 4.79. The molecule has 0 aliphatic heterocycles. The zero-order chi connectivity index (χ0) is 17.9. The van der Waals surface area contributed by atoms with Gasteiger partial charge in [0.05, 0.1) is 17.6 Å². The lowest BCUT2D eigenvalue weighted by Crippen LogP contribution is -2.16. The van der Waals surface area contributed by atoms with E-state index in [2.05, 4.69) is 5.32 Å². The van der Waals surface area contributed by atoms with Gasteiger partial charge >= 0.3 is 5.69 Å². The Kier molecular flexibility index (Phi) is 5.24. The number of nitro groups is 1. The van der Waals surface area contributed by atoms with E-state index in [-0.39, 0.29) is 11.4 Å². The van der Waals surface area contributed by atoms with E-state index in [1.807, 2.05) is 0 Å². The van der Waals surface area contributed by atoms with Crippen molar-refractivity contribution >= 4 is 11.4 Å². The fourth-order valence-corrected chi connectivity index (χ4v) is 2.15. The van der Waals surface area contributed by atoms with Crippen molar-refractivity contribution in [3.8, 4) is 5.75 Å². The van der Waals surface area contributed by atoms with E-state index in [0.29, 0.717) is 0 Å². The third-order valence-corrected chi connectivity index (χ3v) is 3.27. The second-order valence-corrected chi connectivity index (χ2v) is 4.79. The highest BCUT2D eigenvalue weighted by Gasteiger charge is 2.24. The van der Waals surface area contributed by atoms with Gasteiger partial charge in [-0.15, -0.1) is 0 Å². The summed E-state index contributed by atoms with van der Waals surface area (Å²) in [5.41, 5.74) is -1.74. The lowest BCUT2D eigenvalue weighted by Gasteiger charge is -2.15. The maximum absolute atomic E-state index is 13.8. The van der Waals surface area contributed by atoms with E-state index in [1.54, 1.807) is 0 Å². The highest BCUT2D eigenvalue weighted by molar-refractivity contribution is 5.65. The molecule has 2 aromatic rings. The molecule has 0 heterocycles. The molecule has 0 aromatic heterocycles. The number of aliphatic hydroxyl groups excluding tert-OH is 1. The molecule has 0 bridgehead atoms. The minimum Gasteiger partial charge on any atom is -0.497 e. The number of hydrogen-bond acceptors (Lipinski definition) is 5. The first-order valence-electron chi connectivity index (χ1n) is 6.73. The van der Waals surface area contributed by atoms with Crippen molar-refractivity contribution in [1.29, 1.82) is 0 Å². The summed E-state index contributed by atoms with van der Waals surface area (Å²) in [6, 6.07) is 5.04. The summed E-state index contributed by atoms with van der Waals surface area (Å²) in [5.74, 6) is -3.06. The molecule has 0 aliphatic carbocycles. The largest absolute Gasteiger partial charge is 0.497 e. The van der Waals surface area contributed by atoms with Crippen LogP contribution in [0.2, 0.25) is 0 Å². The molecular weight excluding hydrogens is 329 g/mol. The van der Waals surface area contributed by atoms with Gasteiger partial charge in [0.1, 0.15) is 29.2 Å². The summed E-state index contributed by atoms with van der Waals surface area (Å²) in [4.78, 5) is 10.0. The van der Waals surface area contributed by atoms with Crippen molar-refractivity contribution in [2.75, 3.05) is 19.0 Å². The maximum Gasteiger partial charge on any atom is 0.327 e. The lowest BCUT2D eigenvalue weighted by molar-refractivity contribution is -0.386. The molecule has 1 unspecified atom stereocenters. The Labute approximate surface area is 134 Å². The first kappa shape index (κ1) is 17.5. The van der Waals surface area contributed by atoms with Gasteiger partial charge in [0.2, 0.25) is 5.82 Å². The van der Waals surface area contributed by atoms with Crippen LogP contribution in [0.5, 0.6) is 5.75 Å². The van der Waals surface area contributed by atoms with Crippen molar-refractivity contribution < 1.29 is 27.9 Å². The maximum atomic E-state index is 13.8. The van der Waals surface area contributed by atoms with Gasteiger partial charge in [0.25, 0.3) is 0 Å². The number of methoxy groups -OCH3 is 1. The lowest BCUT2D eigenvalue weighted by atomic mass is 10.1. The fraction of sp³-hybridized carbons (Fsp3) is 0.200. The van der Waals surface area contributed by atoms with Crippen molar-refractivity contribution in [3.63, 3.8) is 0 Å². The number of nitrogens with one attached hydrogen (secondary N) is 1. The number of nitrogens with zero attached hydrogens (tertiary/aromatic N) is 1. The number of rotatable bonds is 6. The van der Waals surface area contributed by atoms with Crippen LogP contribution >= 0.6 is 0 Å². The Morgan fingerprint density at radius 1 is 1.25 bits per heavy atom. The first-order valence-corrected chi connectivity index (χ1v) is 6.73. The minimum atomic E-state index is -1.64. The van der Waals surface area contributed by atoms with Crippen LogP contribution in [0.15, 0.2) is 30.3 Å². The number of aliphatic hydroxyl groups is 1. The zero-order valence-corrected chi connectivity index (χ0v) is 12.4. The van der Waals surface area contributed by atoms with Gasteiger partial charge in [-0.1, -0.05) is 6.07 Å². The smallest absolute Gasteiger partial charge is 0.327 e. The standard InChI is InChI=1S/C15H13F3N2O4/c1-24-8-5-11(18)15(20(22)23)12(6-8)19-7-13(21)14-9(16)3-2-4-10(14)17/h2-6,13,19,21H,7H2,1H3. The van der Waals surface area contributed by atoms with E-state index in [4.69, 9.17) is 4.74 Å². The molecule has 0 saturated carbocycles. The summed E-state index contributed by atoms with van der Waals surface area (Å²) in [6.45, 7) is -0.481. The molecule has 2 N–H and O–H groups in total. The summed E-state index contributed by atoms with van der Waals surface area (Å²) < 4.78 is 45.8. The topological polar surface area (TPSA) is 84.6 Å². The van der Waals surface area contributed by atoms with Crippen molar-refractivity contribution in [2.45, 2.75) is 6.10 Å². The molecule has 2 aromatic carbocycles. The summed E-state index contributed by atoms with van der Waals surface area (Å²) in [6.07, 6.45) is -1.64. The molecule has 0 fully saturated rings. The Morgan fingerprint density at radius 3 is 2.42 bits per heavy atom. The van der Waals surface area contributed by atoms with Crippen LogP contribution in [0.1, 0.15) is 11.7 Å². The molecule has 9 heteroatoms. The van der Waals surface area contributed by atoms with Crippen LogP contribution in [-0.4, -0.2) is 23.7 Å². The molecule has 0 radical (unpaired) electrons. The van der Waals surface area contributed by atoms with Gasteiger partial charge in [0, 0.05) is 18.7 Å². The SMILES string of the molecule is COc1cc(F)c([N+](=O)[O-])c(NCC(O)c2c(F)cccc2F)c1. The van der Waals surface area contributed by atoms with Crippen molar-refractivity contribution in [3.05, 3.63) is 63.5 Å². The summed E-state index contributed by atoms with van der Waals surface area (Å²) >= 11 is 0. The van der Waals surface area contributed by atoms with Crippen molar-refractivity contribution in [1.82, 2.24) is 0 Å². The van der Waals surface area contributed by atoms with E-state index >= 15 is 0 Å². The van der Waals surface area contributed by atoms with E-state index in [9.17, 15) is 28.4 Å². The van der Waals surface area contributed by atoms with Gasteiger partial charge in [-0.2, -0.15) is 4.39 Å². The molecule has 1 atom stereocenters. The number of halogens is 3. The second kappa shape index (κ2) is 7.18. The molecule has 0 aliphatic rings. The molecule has 0 amide bonds. The predicted molar refractivity (Wildman–Crippen MR) is 79.4 cm³/mol. The molecular formula is C15H13F3N2O4. The van der Waals surface area contributed by atoms with Gasteiger partial charge in [-0.25, -0.2) is 8.78 Å². The summed E-state index contributed by atoms with van der Waals surface area (Å²) in [5, 5.41) is 23.3. The third kappa shape index (κ3) is 3.57. The average molecular weight is 342 g/mol. The van der Waals surface area contributed by atoms with Crippen LogP contribution in [-0.2, 0) is 0 Å². The monoisotopic (exact) mass is 342 g/mol. The molecule has 0 spiro atoms. The van der Waals surface area contributed by atoms with Gasteiger partial charge < -0.3 is 15.2 Å². The Bertz CT molecular complexity index is 750. The van der Waals surface area contributed by atoms with E-state index in [1.165, 1.54) is 7.11 Å². The van der Waals surface area contributed by atoms with Gasteiger partial charge in [-0.05, 0) is 12.1 Å². The van der Waals surface area contributed by atoms with Crippen LogP contribution < -0.4 is 10.1 Å². The van der Waals surface area contributed by atoms with Crippen LogP contribution in [0, 0.1) is 27.6 Å². The van der Waals surface area contributed by atoms with Gasteiger partial charge in [0.15, 0.2) is 0 Å². The summed E-state index contributed by atoms with van der Waals surface area (Å²) in [7, 11) is 1.24. The average Bonchev–Trinajstić information content (AvgIpc) is 2.51. The molecule has 2 rings (SSSR count). The number of ether oxygens (including phenoxy) is 1. The van der Waals surface area contributed by atoms with Crippen LogP contribution in [0.3, 0.4) is 0 Å². The number of hydrogen-bond donors (Lipinski definition) is 2. The number of benzene rings is 2. The van der Waals surface area contributed by atoms with Crippen molar-refractivity contribution in [2.24, 2.45) is 0 Å². The predicted octanol–water partition coefficient (Wildman–Crippen LogP) is 3.17. The number of nitro benzene ring substituents is 1. The normalized spacial score (nSPS) is 11.9. The highest BCUT2D eigenvalue weighted by Crippen LogP contribution is 2.33. The zero-order valence-electron chi connectivity index (χ0n) is 12.4. The Balaban J connectivity index is 2.28. The Morgan fingerprint density at radius 2 is 1.88 bits per heavy atom. The first-order chi connectivity index (χ1) is 11.3. The molecule has 6 nitrogen and oxygen atoms in total. The Hall–Kier alpha value is -2.81. The van der Waals surface area contributed by atoms with E-state index in [0.717, 1.165) is 30.3 Å². The fourth-order valence-electron chi connectivity index (χ4n) is 2.15. The molecule has 0 saturated heterocycles. The quantitative estimate of drug-likeness (QED) is 0.622. The third-order valence-electron chi connectivity index (χ3n) is 3.27. The van der Waals surface area contributed by atoms with Crippen LogP contribution in [0.4, 0.5) is 24.5 Å². The van der Waals surface area contributed by atoms with Crippen LogP contribution in [0.25, 0.3) is 0 Å². The highest BCUT2D eigenvalue weighted by atomic mass is 19.1. The van der Waals surface area contributed by atoms with Gasteiger partial charge in [-0.3, -0.25) is 10.1 Å². The molecule has 128 valence electrons. The molecule has 24 heavy (non-hydrogen) atoms. The number of anilines is 1. The minimum absolute atomic E-state index is 0.00663.